The molecule has 180 valence electrons. The molecule has 0 aromatic heterocycles. The summed E-state index contributed by atoms with van der Waals surface area (Å²) in [5.41, 5.74) is 2.17. The molecule has 0 aliphatic heterocycles. The number of benzene rings is 1. The topological polar surface area (TPSA) is 87.7 Å². The van der Waals surface area contributed by atoms with E-state index >= 15 is 0 Å². The quantitative estimate of drug-likeness (QED) is 0.492. The van der Waals surface area contributed by atoms with Crippen LogP contribution in [0.3, 0.4) is 0 Å². The summed E-state index contributed by atoms with van der Waals surface area (Å²) in [4.78, 5) is 40.0. The first kappa shape index (κ1) is 27.5. The molecule has 7 heteroatoms. The van der Waals surface area contributed by atoms with Gasteiger partial charge in [-0.3, -0.25) is 9.59 Å². The van der Waals surface area contributed by atoms with E-state index in [1.165, 1.54) is 0 Å². The predicted molar refractivity (Wildman–Crippen MR) is 127 cm³/mol. The van der Waals surface area contributed by atoms with Crippen LogP contribution in [-0.4, -0.2) is 48.0 Å². The van der Waals surface area contributed by atoms with Gasteiger partial charge in [-0.1, -0.05) is 56.0 Å². The number of carbonyl (C=O) groups is 3. The second-order valence-electron chi connectivity index (χ2n) is 9.26. The molecule has 1 aromatic carbocycles. The van der Waals surface area contributed by atoms with E-state index in [1.54, 1.807) is 25.7 Å². The van der Waals surface area contributed by atoms with Crippen molar-refractivity contribution in [2.45, 2.75) is 85.8 Å². The number of nitrogens with zero attached hydrogens (tertiary/aromatic N) is 1. The average molecular weight is 448 g/mol. The summed E-state index contributed by atoms with van der Waals surface area (Å²) in [6.07, 6.45) is 3.01. The van der Waals surface area contributed by atoms with Crippen LogP contribution in [0.25, 0.3) is 0 Å². The molecule has 1 unspecified atom stereocenters. The summed E-state index contributed by atoms with van der Waals surface area (Å²) in [5, 5.41) is 5.52. The minimum Gasteiger partial charge on any atom is -0.444 e. The maximum Gasteiger partial charge on any atom is 0.408 e. The number of ether oxygens (including phenoxy) is 1. The van der Waals surface area contributed by atoms with E-state index < -0.39 is 17.7 Å². The highest BCUT2D eigenvalue weighted by atomic mass is 16.6. The van der Waals surface area contributed by atoms with Crippen LogP contribution in [0.5, 0.6) is 0 Å². The molecule has 7 nitrogen and oxygen atoms in total. The second kappa shape index (κ2) is 13.1. The molecule has 0 aliphatic rings. The molecule has 1 aromatic rings. The van der Waals surface area contributed by atoms with Gasteiger partial charge in [-0.2, -0.15) is 0 Å². The van der Waals surface area contributed by atoms with Crippen LogP contribution in [0.4, 0.5) is 4.79 Å². The van der Waals surface area contributed by atoms with Gasteiger partial charge in [-0.25, -0.2) is 4.79 Å². The van der Waals surface area contributed by atoms with Gasteiger partial charge in [-0.05, 0) is 53.0 Å². The van der Waals surface area contributed by atoms with E-state index in [-0.39, 0.29) is 18.4 Å². The van der Waals surface area contributed by atoms with Crippen molar-refractivity contribution in [2.75, 3.05) is 19.6 Å². The lowest BCUT2D eigenvalue weighted by Crippen LogP contribution is -2.48. The number of rotatable bonds is 11. The van der Waals surface area contributed by atoms with Crippen LogP contribution in [0.1, 0.15) is 83.0 Å². The number of hydrogen-bond acceptors (Lipinski definition) is 4. The van der Waals surface area contributed by atoms with Crippen LogP contribution in [-0.2, 0) is 14.3 Å². The Morgan fingerprint density at radius 1 is 0.969 bits per heavy atom. The van der Waals surface area contributed by atoms with Gasteiger partial charge >= 0.3 is 6.09 Å². The molecule has 2 N–H and O–H groups in total. The molecule has 0 heterocycles. The number of unbranched alkanes of at least 4 members (excludes halogenated alkanes) is 2. The van der Waals surface area contributed by atoms with Crippen molar-refractivity contribution >= 4 is 17.9 Å². The molecule has 3 amide bonds. The maximum atomic E-state index is 13.3. The van der Waals surface area contributed by atoms with Crippen LogP contribution in [0, 0.1) is 13.8 Å². The van der Waals surface area contributed by atoms with Gasteiger partial charge in [-0.15, -0.1) is 0 Å². The van der Waals surface area contributed by atoms with E-state index in [4.69, 9.17) is 4.74 Å². The van der Waals surface area contributed by atoms with Gasteiger partial charge in [0, 0.05) is 13.1 Å². The minimum absolute atomic E-state index is 0.204. The van der Waals surface area contributed by atoms with Crippen molar-refractivity contribution in [1.29, 1.82) is 0 Å². The second-order valence-corrected chi connectivity index (χ2v) is 9.26. The first-order chi connectivity index (χ1) is 15.0. The number of aryl methyl sites for hydroxylation is 2. The lowest BCUT2D eigenvalue weighted by atomic mass is 9.99. The summed E-state index contributed by atoms with van der Waals surface area (Å²) in [6, 6.07) is 5.17. The predicted octanol–water partition coefficient (Wildman–Crippen LogP) is 4.41. The Morgan fingerprint density at radius 3 is 2.12 bits per heavy atom. The third kappa shape index (κ3) is 9.71. The molecule has 0 spiro atoms. The normalized spacial score (nSPS) is 12.1. The van der Waals surface area contributed by atoms with E-state index in [9.17, 15) is 14.4 Å². The van der Waals surface area contributed by atoms with Crippen LogP contribution in [0.2, 0.25) is 0 Å². The molecule has 0 saturated carbocycles. The Bertz CT molecular complexity index is 751. The number of alkyl carbamates (subject to hydrolysis) is 1. The van der Waals surface area contributed by atoms with Crippen molar-refractivity contribution in [3.05, 3.63) is 34.9 Å². The highest BCUT2D eigenvalue weighted by molar-refractivity contribution is 5.90. The van der Waals surface area contributed by atoms with Gasteiger partial charge in [0.15, 0.2) is 0 Å². The third-order valence-corrected chi connectivity index (χ3v) is 4.77. The summed E-state index contributed by atoms with van der Waals surface area (Å²) in [7, 11) is 0. The van der Waals surface area contributed by atoms with Crippen LogP contribution in [0.15, 0.2) is 18.2 Å². The van der Waals surface area contributed by atoms with Gasteiger partial charge < -0.3 is 20.3 Å². The van der Waals surface area contributed by atoms with Gasteiger partial charge in [0.25, 0.3) is 0 Å². The smallest absolute Gasteiger partial charge is 0.408 e. The molecule has 1 atom stereocenters. The highest BCUT2D eigenvalue weighted by Crippen LogP contribution is 2.24. The van der Waals surface area contributed by atoms with Gasteiger partial charge in [0.1, 0.15) is 18.2 Å². The number of amides is 3. The minimum atomic E-state index is -0.761. The fourth-order valence-electron chi connectivity index (χ4n) is 3.53. The largest absolute Gasteiger partial charge is 0.444 e. The van der Waals surface area contributed by atoms with E-state index in [0.29, 0.717) is 19.5 Å². The van der Waals surface area contributed by atoms with Crippen molar-refractivity contribution in [2.24, 2.45) is 0 Å². The summed E-state index contributed by atoms with van der Waals surface area (Å²) < 4.78 is 5.23. The van der Waals surface area contributed by atoms with Crippen molar-refractivity contribution in [3.63, 3.8) is 0 Å². The molecule has 1 rings (SSSR count). The molecule has 0 fully saturated rings. The SMILES string of the molecule is CCCCCNC(=O)C(c1cc(C)cc(C)c1)N(CCC)C(=O)CNC(=O)OC(C)(C)C. The van der Waals surface area contributed by atoms with E-state index in [1.807, 2.05) is 39.0 Å². The zero-order valence-electron chi connectivity index (χ0n) is 20.8. The first-order valence-corrected chi connectivity index (χ1v) is 11.6. The Balaban J connectivity index is 3.12. The van der Waals surface area contributed by atoms with Crippen molar-refractivity contribution < 1.29 is 19.1 Å². The lowest BCUT2D eigenvalue weighted by molar-refractivity contribution is -0.140. The van der Waals surface area contributed by atoms with Crippen LogP contribution < -0.4 is 10.6 Å². The maximum absolute atomic E-state index is 13.3. The Kier molecular flexibility index (Phi) is 11.2. The third-order valence-electron chi connectivity index (χ3n) is 4.77. The molecule has 0 radical (unpaired) electrons. The zero-order chi connectivity index (χ0) is 24.3. The first-order valence-electron chi connectivity index (χ1n) is 11.6. The molecule has 0 saturated heterocycles. The standard InChI is InChI=1S/C25H41N3O4/c1-8-10-11-12-26-23(30)22(20-15-18(3)14-19(4)16-20)28(13-9-2)21(29)17-27-24(31)32-25(5,6)7/h14-16,22H,8-13,17H2,1-7H3,(H,26,30)(H,27,31). The van der Waals surface area contributed by atoms with Gasteiger partial charge in [0.05, 0.1) is 0 Å². The monoisotopic (exact) mass is 447 g/mol. The Hall–Kier alpha value is -2.57. The van der Waals surface area contributed by atoms with Gasteiger partial charge in [0.2, 0.25) is 11.8 Å². The highest BCUT2D eigenvalue weighted by Gasteiger charge is 2.31. The Labute approximate surface area is 193 Å². The fraction of sp³-hybridized carbons (Fsp3) is 0.640. The van der Waals surface area contributed by atoms with E-state index in [2.05, 4.69) is 17.6 Å². The zero-order valence-corrected chi connectivity index (χ0v) is 20.8. The van der Waals surface area contributed by atoms with Crippen molar-refractivity contribution in [3.8, 4) is 0 Å². The van der Waals surface area contributed by atoms with Crippen molar-refractivity contribution in [1.82, 2.24) is 15.5 Å². The average Bonchev–Trinajstić information content (AvgIpc) is 2.67. The summed E-state index contributed by atoms with van der Waals surface area (Å²) >= 11 is 0. The number of hydrogen-bond donors (Lipinski definition) is 2. The van der Waals surface area contributed by atoms with E-state index in [0.717, 1.165) is 36.0 Å². The fourth-order valence-corrected chi connectivity index (χ4v) is 3.53. The molecular weight excluding hydrogens is 406 g/mol. The molecule has 0 aliphatic carbocycles. The molecule has 32 heavy (non-hydrogen) atoms. The number of carbonyl (C=O) groups excluding carboxylic acids is 3. The lowest BCUT2D eigenvalue weighted by Gasteiger charge is -2.32. The number of nitrogens with one attached hydrogen (secondary N) is 2. The van der Waals surface area contributed by atoms with Crippen LogP contribution >= 0.6 is 0 Å². The molecular formula is C25H41N3O4. The summed E-state index contributed by atoms with van der Waals surface area (Å²) in [6.45, 7) is 14.0. The Morgan fingerprint density at radius 2 is 1.59 bits per heavy atom. The summed E-state index contributed by atoms with van der Waals surface area (Å²) in [5.74, 6) is -0.532. The molecule has 0 bridgehead atoms.